The van der Waals surface area contributed by atoms with Gasteiger partial charge in [0.2, 0.25) is 0 Å². The van der Waals surface area contributed by atoms with Gasteiger partial charge in [0, 0.05) is 5.56 Å². The molecule has 2 atom stereocenters. The van der Waals surface area contributed by atoms with E-state index in [1.165, 1.54) is 12.1 Å². The minimum Gasteiger partial charge on any atom is -0.489 e. The van der Waals surface area contributed by atoms with Crippen LogP contribution in [0.5, 0.6) is 5.75 Å². The van der Waals surface area contributed by atoms with Crippen LogP contribution in [0.2, 0.25) is 0 Å². The Morgan fingerprint density at radius 3 is 2.46 bits per heavy atom. The molecule has 0 spiro atoms. The molecule has 0 heterocycles. The first-order valence-electron chi connectivity index (χ1n) is 7.97. The van der Waals surface area contributed by atoms with Gasteiger partial charge in [0.15, 0.2) is 0 Å². The first-order valence-corrected chi connectivity index (χ1v) is 9.23. The number of hydrogen-bond acceptors (Lipinski definition) is 2. The van der Waals surface area contributed by atoms with E-state index in [9.17, 15) is 8.60 Å². The third-order valence-electron chi connectivity index (χ3n) is 3.60. The fourth-order valence-electron chi connectivity index (χ4n) is 2.16. The highest BCUT2D eigenvalue weighted by atomic mass is 32.2. The second-order valence-electron chi connectivity index (χ2n) is 6.77. The zero-order chi connectivity index (χ0) is 17.7. The average Bonchev–Trinajstić information content (AvgIpc) is 2.53. The minimum atomic E-state index is -1.64. The molecular weight excluding hydrogens is 325 g/mol. The van der Waals surface area contributed by atoms with Crippen LogP contribution in [0.15, 0.2) is 48.5 Å². The van der Waals surface area contributed by atoms with Gasteiger partial charge in [0.05, 0.1) is 6.04 Å². The van der Waals surface area contributed by atoms with Crippen molar-refractivity contribution < 1.29 is 13.3 Å². The van der Waals surface area contributed by atoms with Crippen LogP contribution in [0.3, 0.4) is 0 Å². The standard InChI is InChI=1S/C19H24FNO2S/c1-14(21-24(22)19(2,3)4)17-12-16(20)10-11-18(17)23-13-15-8-6-5-7-9-15/h5-12,14H,13H2,1-4H3,(H,21,22)/p+1. The number of halogens is 1. The summed E-state index contributed by atoms with van der Waals surface area (Å²) in [6, 6.07) is 13.9. The van der Waals surface area contributed by atoms with Gasteiger partial charge in [0.1, 0.15) is 33.9 Å². The molecule has 0 fully saturated rings. The second kappa shape index (κ2) is 7.90. The summed E-state index contributed by atoms with van der Waals surface area (Å²) < 4.78 is 34.6. The molecule has 5 heteroatoms. The van der Waals surface area contributed by atoms with Gasteiger partial charge in [-0.15, -0.1) is 4.72 Å². The summed E-state index contributed by atoms with van der Waals surface area (Å²) in [7, 11) is -1.64. The lowest BCUT2D eigenvalue weighted by atomic mass is 10.1. The van der Waals surface area contributed by atoms with Crippen LogP contribution >= 0.6 is 0 Å². The van der Waals surface area contributed by atoms with Crippen molar-refractivity contribution in [3.8, 4) is 5.75 Å². The lowest BCUT2D eigenvalue weighted by molar-refractivity contribution is 0.300. The van der Waals surface area contributed by atoms with Gasteiger partial charge >= 0.3 is 0 Å². The molecule has 130 valence electrons. The molecule has 0 bridgehead atoms. The number of hydrogen-bond donors (Lipinski definition) is 1. The van der Waals surface area contributed by atoms with Crippen LogP contribution in [0.4, 0.5) is 4.39 Å². The van der Waals surface area contributed by atoms with Crippen molar-refractivity contribution in [1.82, 2.24) is 4.72 Å². The number of rotatable bonds is 6. The van der Waals surface area contributed by atoms with Crippen molar-refractivity contribution in [3.63, 3.8) is 0 Å². The van der Waals surface area contributed by atoms with Gasteiger partial charge in [-0.05, 0) is 51.5 Å². The van der Waals surface area contributed by atoms with Crippen molar-refractivity contribution in [2.24, 2.45) is 0 Å². The molecule has 0 aliphatic rings. The Morgan fingerprint density at radius 2 is 1.83 bits per heavy atom. The monoisotopic (exact) mass is 350 g/mol. The molecule has 0 saturated heterocycles. The SMILES string of the molecule is CC(N[SH+](=O)C(C)(C)C)c1cc(F)ccc1OCc1ccccc1. The molecule has 3 nitrogen and oxygen atoms in total. The van der Waals surface area contributed by atoms with E-state index in [0.29, 0.717) is 17.9 Å². The molecule has 2 rings (SSSR count). The van der Waals surface area contributed by atoms with Crippen molar-refractivity contribution in [1.29, 1.82) is 0 Å². The summed E-state index contributed by atoms with van der Waals surface area (Å²) in [5, 5.41) is 0. The first kappa shape index (κ1) is 18.6. The molecule has 0 aliphatic heterocycles. The van der Waals surface area contributed by atoms with Crippen LogP contribution in [0.25, 0.3) is 0 Å². The molecule has 24 heavy (non-hydrogen) atoms. The average molecular weight is 350 g/mol. The molecule has 0 aromatic heterocycles. The Kier molecular flexibility index (Phi) is 6.13. The smallest absolute Gasteiger partial charge is 0.147 e. The topological polar surface area (TPSA) is 38.3 Å². The molecule has 1 N–H and O–H groups in total. The normalized spacial score (nSPS) is 14.2. The van der Waals surface area contributed by atoms with Gasteiger partial charge in [-0.1, -0.05) is 34.5 Å². The molecule has 2 unspecified atom stereocenters. The Balaban J connectivity index is 2.16. The first-order chi connectivity index (χ1) is 11.3. The van der Waals surface area contributed by atoms with E-state index in [0.717, 1.165) is 5.56 Å². The fraction of sp³-hybridized carbons (Fsp3) is 0.368. The van der Waals surface area contributed by atoms with Gasteiger partial charge in [-0.25, -0.2) is 4.39 Å². The van der Waals surface area contributed by atoms with Crippen LogP contribution < -0.4 is 9.46 Å². The van der Waals surface area contributed by atoms with Gasteiger partial charge in [0.25, 0.3) is 0 Å². The second-order valence-corrected chi connectivity index (χ2v) is 8.96. The predicted octanol–water partition coefficient (Wildman–Crippen LogP) is 4.46. The zero-order valence-corrected chi connectivity index (χ0v) is 15.4. The third kappa shape index (κ3) is 5.14. The lowest BCUT2D eigenvalue weighted by Gasteiger charge is -2.19. The maximum atomic E-state index is 13.7. The Bertz CT molecular complexity index is 698. The number of thiol groups is 1. The lowest BCUT2D eigenvalue weighted by Crippen LogP contribution is -2.34. The van der Waals surface area contributed by atoms with Crippen molar-refractivity contribution in [3.05, 3.63) is 65.5 Å². The Labute approximate surface area is 145 Å². The summed E-state index contributed by atoms with van der Waals surface area (Å²) >= 11 is 0. The van der Waals surface area contributed by atoms with E-state index in [1.807, 2.05) is 58.0 Å². The highest BCUT2D eigenvalue weighted by Crippen LogP contribution is 2.28. The largest absolute Gasteiger partial charge is 0.489 e. The third-order valence-corrected chi connectivity index (χ3v) is 5.44. The maximum Gasteiger partial charge on any atom is 0.147 e. The number of nitrogens with one attached hydrogen (secondary N) is 1. The van der Waals surface area contributed by atoms with Crippen LogP contribution in [0.1, 0.15) is 44.9 Å². The van der Waals surface area contributed by atoms with E-state index < -0.39 is 11.0 Å². The minimum absolute atomic E-state index is 0.283. The molecular formula is C19H25FNO2S+. The zero-order valence-electron chi connectivity index (χ0n) is 14.5. The predicted molar refractivity (Wildman–Crippen MR) is 97.9 cm³/mol. The molecule has 2 aromatic carbocycles. The number of benzene rings is 2. The van der Waals surface area contributed by atoms with Crippen molar-refractivity contribution in [2.75, 3.05) is 0 Å². The molecule has 0 saturated carbocycles. The van der Waals surface area contributed by atoms with Gasteiger partial charge in [-0.3, -0.25) is 0 Å². The van der Waals surface area contributed by atoms with Gasteiger partial charge in [-0.2, -0.15) is 0 Å². The molecule has 0 radical (unpaired) electrons. The maximum absolute atomic E-state index is 13.7. The summed E-state index contributed by atoms with van der Waals surface area (Å²) in [4.78, 5) is 0. The molecule has 0 aliphatic carbocycles. The highest BCUT2D eigenvalue weighted by molar-refractivity contribution is 7.84. The highest BCUT2D eigenvalue weighted by Gasteiger charge is 2.28. The van der Waals surface area contributed by atoms with E-state index in [2.05, 4.69) is 4.72 Å². The summed E-state index contributed by atoms with van der Waals surface area (Å²) in [5.74, 6) is 0.259. The van der Waals surface area contributed by atoms with Gasteiger partial charge < -0.3 is 4.74 Å². The fourth-order valence-corrected chi connectivity index (χ4v) is 3.04. The quantitative estimate of drug-likeness (QED) is 0.617. The van der Waals surface area contributed by atoms with Crippen LogP contribution in [-0.4, -0.2) is 4.75 Å². The molecule has 0 amide bonds. The number of ether oxygens (including phenoxy) is 1. The Morgan fingerprint density at radius 1 is 1.17 bits per heavy atom. The summed E-state index contributed by atoms with van der Waals surface area (Å²) in [5.41, 5.74) is 1.70. The van der Waals surface area contributed by atoms with Crippen molar-refractivity contribution in [2.45, 2.75) is 45.1 Å². The van der Waals surface area contributed by atoms with E-state index >= 15 is 0 Å². The van der Waals surface area contributed by atoms with E-state index in [4.69, 9.17) is 4.74 Å². The van der Waals surface area contributed by atoms with E-state index in [1.54, 1.807) is 6.07 Å². The summed E-state index contributed by atoms with van der Waals surface area (Å²) in [6.07, 6.45) is 0. The van der Waals surface area contributed by atoms with Crippen LogP contribution in [-0.2, 0) is 21.8 Å². The van der Waals surface area contributed by atoms with E-state index in [-0.39, 0.29) is 16.6 Å². The molecule has 2 aromatic rings. The Hall–Kier alpha value is -1.72. The van der Waals surface area contributed by atoms with Crippen molar-refractivity contribution >= 4 is 11.0 Å². The van der Waals surface area contributed by atoms with Crippen LogP contribution in [0, 0.1) is 5.82 Å². The summed E-state index contributed by atoms with van der Waals surface area (Å²) in [6.45, 7) is 7.98.